The highest BCUT2D eigenvalue weighted by atomic mass is 35.5. The quantitative estimate of drug-likeness (QED) is 0.0948. The van der Waals surface area contributed by atoms with Crippen LogP contribution in [0.5, 0.6) is 17.2 Å². The van der Waals surface area contributed by atoms with Crippen molar-refractivity contribution in [2.24, 2.45) is 23.7 Å². The molecule has 6 unspecified atom stereocenters. The number of hydrogen-bond acceptors (Lipinski definition) is 7. The predicted molar refractivity (Wildman–Crippen MR) is 222 cm³/mol. The Morgan fingerprint density at radius 2 is 1.53 bits per heavy atom. The first-order valence-electron chi connectivity index (χ1n) is 19.3. The third kappa shape index (κ3) is 5.87. The van der Waals surface area contributed by atoms with Gasteiger partial charge in [-0.15, -0.1) is 0 Å². The number of carbonyl (C=O) groups excluding carboxylic acids is 4. The van der Waals surface area contributed by atoms with Crippen molar-refractivity contribution in [1.82, 2.24) is 0 Å². The van der Waals surface area contributed by atoms with Crippen LogP contribution in [-0.2, 0) is 24.6 Å². The van der Waals surface area contributed by atoms with Gasteiger partial charge in [-0.2, -0.15) is 0 Å². The molecule has 2 aliphatic heterocycles. The van der Waals surface area contributed by atoms with Gasteiger partial charge in [-0.1, -0.05) is 96.1 Å². The number of para-hydroxylation sites is 1. The van der Waals surface area contributed by atoms with Gasteiger partial charge in [0.05, 0.1) is 48.8 Å². The molecule has 6 atom stereocenters. The minimum absolute atomic E-state index is 0.0560. The van der Waals surface area contributed by atoms with Gasteiger partial charge in [0.15, 0.2) is 11.6 Å². The molecule has 11 heteroatoms. The summed E-state index contributed by atoms with van der Waals surface area (Å²) in [6.45, 7) is 0. The van der Waals surface area contributed by atoms with Crippen LogP contribution in [0.1, 0.15) is 41.0 Å². The third-order valence-corrected chi connectivity index (χ3v) is 12.8. The van der Waals surface area contributed by atoms with Gasteiger partial charge in [0.2, 0.25) is 23.6 Å². The summed E-state index contributed by atoms with van der Waals surface area (Å²) in [5.74, 6) is -6.47. The summed E-state index contributed by atoms with van der Waals surface area (Å²) in [5.41, 5.74) is 1.88. The molecule has 0 radical (unpaired) electrons. The van der Waals surface area contributed by atoms with Crippen LogP contribution in [0, 0.1) is 29.5 Å². The number of allylic oxidation sites excluding steroid dienone is 2. The molecule has 2 saturated heterocycles. The first kappa shape index (κ1) is 38.0. The molecular formula is C48H38ClFN2O7. The lowest BCUT2D eigenvalue weighted by Crippen LogP contribution is -2.53. The van der Waals surface area contributed by atoms with E-state index in [2.05, 4.69) is 0 Å². The van der Waals surface area contributed by atoms with Crippen molar-refractivity contribution < 1.29 is 38.1 Å². The van der Waals surface area contributed by atoms with Crippen molar-refractivity contribution in [3.63, 3.8) is 0 Å². The number of amides is 4. The maximum atomic E-state index is 15.4. The highest BCUT2D eigenvalue weighted by Crippen LogP contribution is 2.65. The van der Waals surface area contributed by atoms with Crippen molar-refractivity contribution in [3.8, 4) is 17.2 Å². The lowest BCUT2D eigenvalue weighted by Gasteiger charge is -2.50. The van der Waals surface area contributed by atoms with Crippen molar-refractivity contribution >= 4 is 58.8 Å². The number of nitrogens with zero attached hydrogens (tertiary/aromatic N) is 2. The number of hydrogen-bond donors (Lipinski definition) is 1. The smallest absolute Gasteiger partial charge is 0.246 e. The maximum absolute atomic E-state index is 15.4. The van der Waals surface area contributed by atoms with Crippen LogP contribution in [0.3, 0.4) is 0 Å². The molecule has 1 saturated carbocycles. The van der Waals surface area contributed by atoms with Gasteiger partial charge in [0.25, 0.3) is 0 Å². The number of halogens is 2. The monoisotopic (exact) mass is 808 g/mol. The van der Waals surface area contributed by atoms with Gasteiger partial charge < -0.3 is 14.6 Å². The Balaban J connectivity index is 1.12. The minimum atomic E-state index is -1.65. The van der Waals surface area contributed by atoms with Crippen LogP contribution in [0.2, 0.25) is 5.02 Å². The number of aromatic hydroxyl groups is 1. The van der Waals surface area contributed by atoms with E-state index in [0.717, 1.165) is 22.1 Å². The van der Waals surface area contributed by atoms with Crippen LogP contribution >= 0.6 is 11.6 Å². The number of phenols is 1. The van der Waals surface area contributed by atoms with Crippen molar-refractivity contribution in [3.05, 3.63) is 160 Å². The first-order chi connectivity index (χ1) is 28.6. The summed E-state index contributed by atoms with van der Waals surface area (Å²) in [4.78, 5) is 61.7. The first-order valence-corrected chi connectivity index (χ1v) is 19.7. The molecule has 296 valence electrons. The fourth-order valence-electron chi connectivity index (χ4n) is 10.00. The molecule has 9 rings (SSSR count). The zero-order valence-corrected chi connectivity index (χ0v) is 32.8. The van der Waals surface area contributed by atoms with Gasteiger partial charge in [-0.05, 0) is 84.5 Å². The number of phenolic OH excluding ortho intramolecular Hbond substituents is 1. The second kappa shape index (κ2) is 14.7. The van der Waals surface area contributed by atoms with E-state index in [0.29, 0.717) is 33.3 Å². The van der Waals surface area contributed by atoms with Crippen molar-refractivity contribution in [1.29, 1.82) is 0 Å². The average Bonchev–Trinajstić information content (AvgIpc) is 3.65. The van der Waals surface area contributed by atoms with E-state index in [1.54, 1.807) is 80.9 Å². The number of carbonyl (C=O) groups is 4. The van der Waals surface area contributed by atoms with E-state index in [9.17, 15) is 19.5 Å². The highest BCUT2D eigenvalue weighted by molar-refractivity contribution is 6.32. The summed E-state index contributed by atoms with van der Waals surface area (Å²) >= 11 is 6.39. The van der Waals surface area contributed by atoms with E-state index < -0.39 is 64.3 Å². The molecule has 4 aliphatic rings. The largest absolute Gasteiger partial charge is 0.505 e. The number of rotatable bonds is 8. The lowest BCUT2D eigenvalue weighted by molar-refractivity contribution is -0.127. The van der Waals surface area contributed by atoms with E-state index >= 15 is 9.18 Å². The molecule has 2 heterocycles. The summed E-state index contributed by atoms with van der Waals surface area (Å²) in [7, 11) is 3.18. The fourth-order valence-corrected chi connectivity index (χ4v) is 10.2. The summed E-state index contributed by atoms with van der Waals surface area (Å²) in [6.07, 6.45) is 5.87. The number of imide groups is 2. The van der Waals surface area contributed by atoms with Gasteiger partial charge in [-0.3, -0.25) is 24.1 Å². The van der Waals surface area contributed by atoms with E-state index in [1.807, 2.05) is 48.6 Å². The van der Waals surface area contributed by atoms with Crippen LogP contribution < -0.4 is 19.3 Å². The minimum Gasteiger partial charge on any atom is -0.505 e. The molecule has 5 aromatic rings. The van der Waals surface area contributed by atoms with Crippen LogP contribution in [-0.4, -0.2) is 43.0 Å². The summed E-state index contributed by atoms with van der Waals surface area (Å²) in [5, 5.41) is 11.8. The Morgan fingerprint density at radius 3 is 2.25 bits per heavy atom. The Morgan fingerprint density at radius 1 is 0.763 bits per heavy atom. The second-order valence-corrected chi connectivity index (χ2v) is 15.8. The number of benzene rings is 5. The summed E-state index contributed by atoms with van der Waals surface area (Å²) in [6, 6.07) is 32.1. The molecule has 9 nitrogen and oxygen atoms in total. The van der Waals surface area contributed by atoms with E-state index in [4.69, 9.17) is 21.1 Å². The Hall–Kier alpha value is -6.52. The predicted octanol–water partition coefficient (Wildman–Crippen LogP) is 8.74. The topological polar surface area (TPSA) is 113 Å². The van der Waals surface area contributed by atoms with Crippen LogP contribution in [0.15, 0.2) is 127 Å². The summed E-state index contributed by atoms with van der Waals surface area (Å²) < 4.78 is 26.3. The molecule has 3 fully saturated rings. The Kier molecular flexibility index (Phi) is 9.47. The van der Waals surface area contributed by atoms with Gasteiger partial charge in [-0.25, -0.2) is 9.29 Å². The standard InChI is InChI=1S/C48H38ClFN2O7/c1-58-33-20-23-40(59-2)28(24-33)17-14-27-15-18-31(19-16-27)51-44(54)35-22-21-34-37(41(35)46(51)56)26-38-45(55)52(32-11-6-10-30(49)25-32)47(57)48(38,29-8-4-3-5-9-29)42(34)36-12-7-13-39(50)43(36)53/h3-21,23-25,35,37-38,41-42,53H,22,26H2,1-2H3. The molecule has 4 amide bonds. The third-order valence-electron chi connectivity index (χ3n) is 12.5. The zero-order chi connectivity index (χ0) is 41.2. The number of anilines is 2. The lowest BCUT2D eigenvalue weighted by atomic mass is 9.49. The van der Waals surface area contributed by atoms with Gasteiger partial charge >= 0.3 is 0 Å². The average molecular weight is 809 g/mol. The van der Waals surface area contributed by atoms with Gasteiger partial charge in [0.1, 0.15) is 11.5 Å². The number of ether oxygens (including phenoxy) is 2. The highest BCUT2D eigenvalue weighted by Gasteiger charge is 2.70. The fraction of sp³-hybridized carbons (Fsp3) is 0.208. The molecule has 0 bridgehead atoms. The normalized spacial score (nSPS) is 24.9. The molecule has 5 aromatic carbocycles. The maximum Gasteiger partial charge on any atom is 0.246 e. The molecule has 0 aromatic heterocycles. The SMILES string of the molecule is COc1ccc(OC)c(C=Cc2ccc(N3C(=O)C4CC=C5C(CC6C(=O)N(c7cccc(Cl)c7)C(=O)C6(c6ccccc6)C5c5cccc(F)c5O)C4C3=O)cc2)c1. The molecule has 0 spiro atoms. The number of methoxy groups -OCH3 is 2. The van der Waals surface area contributed by atoms with Crippen LogP contribution in [0.4, 0.5) is 15.8 Å². The van der Waals surface area contributed by atoms with Crippen molar-refractivity contribution in [2.45, 2.75) is 24.2 Å². The molecule has 1 N–H and O–H groups in total. The van der Waals surface area contributed by atoms with E-state index in [1.165, 1.54) is 17.0 Å². The Labute approximate surface area is 344 Å². The molecular weight excluding hydrogens is 771 g/mol. The molecule has 59 heavy (non-hydrogen) atoms. The van der Waals surface area contributed by atoms with E-state index in [-0.39, 0.29) is 30.0 Å². The van der Waals surface area contributed by atoms with Gasteiger partial charge in [0, 0.05) is 22.1 Å². The number of fused-ring (bicyclic) bond motifs is 4. The molecule has 2 aliphatic carbocycles. The zero-order valence-electron chi connectivity index (χ0n) is 32.0. The van der Waals surface area contributed by atoms with Crippen molar-refractivity contribution in [2.75, 3.05) is 24.0 Å². The second-order valence-electron chi connectivity index (χ2n) is 15.3. The van der Waals surface area contributed by atoms with Crippen LogP contribution in [0.25, 0.3) is 12.2 Å². The Bertz CT molecular complexity index is 2610.